The summed E-state index contributed by atoms with van der Waals surface area (Å²) in [6.07, 6.45) is 2.76. The predicted molar refractivity (Wildman–Crippen MR) is 121 cm³/mol. The maximum Gasteiger partial charge on any atom is 0.175 e. The van der Waals surface area contributed by atoms with E-state index in [1.807, 2.05) is 43.3 Å². The normalized spacial score (nSPS) is 12.6. The van der Waals surface area contributed by atoms with E-state index in [0.717, 1.165) is 38.5 Å². The number of ether oxygens (including phenoxy) is 1. The molecule has 0 radical (unpaired) electrons. The summed E-state index contributed by atoms with van der Waals surface area (Å²) in [7, 11) is -1.57. The van der Waals surface area contributed by atoms with Gasteiger partial charge in [-0.3, -0.25) is 0 Å². The van der Waals surface area contributed by atoms with Crippen molar-refractivity contribution in [2.75, 3.05) is 18.7 Å². The molecule has 1 unspecified atom stereocenters. The van der Waals surface area contributed by atoms with Gasteiger partial charge in [0.05, 0.1) is 17.4 Å². The van der Waals surface area contributed by atoms with Crippen molar-refractivity contribution in [1.82, 2.24) is 9.97 Å². The first-order valence-electron chi connectivity index (χ1n) is 9.30. The van der Waals surface area contributed by atoms with Gasteiger partial charge in [-0.2, -0.15) is 0 Å². The van der Waals surface area contributed by atoms with Gasteiger partial charge in [0.1, 0.15) is 22.7 Å². The Morgan fingerprint density at radius 1 is 1.03 bits per heavy atom. The lowest BCUT2D eigenvalue weighted by atomic mass is 10.1. The molecule has 0 aliphatic carbocycles. The maximum atomic E-state index is 11.7. The monoisotopic (exact) mass is 439 g/mol. The number of hydrogen-bond acceptors (Lipinski definition) is 7. The lowest BCUT2D eigenvalue weighted by molar-refractivity contribution is 0.415. The van der Waals surface area contributed by atoms with Crippen molar-refractivity contribution < 1.29 is 13.2 Å². The zero-order chi connectivity index (χ0) is 21.3. The number of nitrogens with one attached hydrogen (secondary N) is 1. The number of methoxy groups -OCH3 is 1. The number of nitrogens with zero attached hydrogens (tertiary/aromatic N) is 2. The average molecular weight is 440 g/mol. The minimum atomic E-state index is -3.22. The van der Waals surface area contributed by atoms with Crippen LogP contribution in [-0.4, -0.2) is 31.8 Å². The quantitative estimate of drug-likeness (QED) is 0.458. The van der Waals surface area contributed by atoms with Crippen LogP contribution in [0, 0.1) is 0 Å². The molecule has 0 saturated carbocycles. The molecule has 6 nitrogen and oxygen atoms in total. The van der Waals surface area contributed by atoms with Crippen LogP contribution in [0.2, 0.25) is 0 Å². The smallest absolute Gasteiger partial charge is 0.175 e. The van der Waals surface area contributed by atoms with Gasteiger partial charge < -0.3 is 10.1 Å². The molecule has 1 atom stereocenters. The summed E-state index contributed by atoms with van der Waals surface area (Å²) in [6, 6.07) is 14.7. The second-order valence-electron chi connectivity index (χ2n) is 6.99. The third-order valence-corrected chi connectivity index (χ3v) is 6.95. The zero-order valence-electron chi connectivity index (χ0n) is 16.8. The first kappa shape index (κ1) is 20.3. The Kier molecular flexibility index (Phi) is 5.44. The van der Waals surface area contributed by atoms with Crippen LogP contribution in [0.3, 0.4) is 0 Å². The highest BCUT2D eigenvalue weighted by Crippen LogP contribution is 2.38. The number of hydrogen-bond donors (Lipinski definition) is 1. The van der Waals surface area contributed by atoms with Crippen LogP contribution in [-0.2, 0) is 9.84 Å². The molecule has 154 valence electrons. The molecule has 0 spiro atoms. The Hall–Kier alpha value is -2.97. The standard InChI is InChI=1S/C22H21N3O3S2/c1-14(15-6-10-18(11-7-15)30(3,26)27)25-21-20-19(12-29-22(20)24-13-23-21)16-4-8-17(28-2)9-5-16/h4-14H,1-3H3,(H,23,24,25). The van der Waals surface area contributed by atoms with Crippen molar-refractivity contribution in [2.24, 2.45) is 0 Å². The largest absolute Gasteiger partial charge is 0.497 e. The summed E-state index contributed by atoms with van der Waals surface area (Å²) in [5.41, 5.74) is 3.08. The molecule has 4 rings (SSSR count). The van der Waals surface area contributed by atoms with Crippen LogP contribution >= 0.6 is 11.3 Å². The number of benzene rings is 2. The first-order valence-corrected chi connectivity index (χ1v) is 12.1. The molecule has 0 aliphatic rings. The highest BCUT2D eigenvalue weighted by Gasteiger charge is 2.16. The van der Waals surface area contributed by atoms with E-state index in [1.165, 1.54) is 6.26 Å². The van der Waals surface area contributed by atoms with Crippen LogP contribution in [0.4, 0.5) is 5.82 Å². The van der Waals surface area contributed by atoms with Crippen molar-refractivity contribution in [3.05, 3.63) is 65.8 Å². The molecular weight excluding hydrogens is 418 g/mol. The molecule has 2 aromatic carbocycles. The number of anilines is 1. The number of thiophene rings is 1. The van der Waals surface area contributed by atoms with Crippen LogP contribution in [0.15, 0.2) is 65.1 Å². The lowest BCUT2D eigenvalue weighted by Gasteiger charge is -2.16. The molecule has 30 heavy (non-hydrogen) atoms. The summed E-state index contributed by atoms with van der Waals surface area (Å²) in [4.78, 5) is 10.1. The van der Waals surface area contributed by atoms with E-state index in [1.54, 1.807) is 36.9 Å². The molecule has 0 bridgehead atoms. The summed E-state index contributed by atoms with van der Waals surface area (Å²) in [6.45, 7) is 2.02. The van der Waals surface area contributed by atoms with Crippen molar-refractivity contribution in [3.8, 4) is 16.9 Å². The second kappa shape index (κ2) is 8.04. The summed E-state index contributed by atoms with van der Waals surface area (Å²) >= 11 is 1.57. The molecule has 4 aromatic rings. The molecule has 1 N–H and O–H groups in total. The fourth-order valence-corrected chi connectivity index (χ4v) is 4.81. The molecular formula is C22H21N3O3S2. The second-order valence-corrected chi connectivity index (χ2v) is 9.86. The van der Waals surface area contributed by atoms with Crippen LogP contribution in [0.5, 0.6) is 5.75 Å². The molecule has 0 fully saturated rings. The lowest BCUT2D eigenvalue weighted by Crippen LogP contribution is -2.09. The average Bonchev–Trinajstić information content (AvgIpc) is 3.18. The highest BCUT2D eigenvalue weighted by atomic mass is 32.2. The molecule has 0 aliphatic heterocycles. The Balaban J connectivity index is 1.68. The minimum Gasteiger partial charge on any atom is -0.497 e. The Morgan fingerprint density at radius 2 is 1.73 bits per heavy atom. The number of rotatable bonds is 6. The molecule has 2 aromatic heterocycles. The van der Waals surface area contributed by atoms with E-state index in [0.29, 0.717) is 4.90 Å². The molecule has 2 heterocycles. The van der Waals surface area contributed by atoms with Crippen LogP contribution in [0.25, 0.3) is 21.3 Å². The van der Waals surface area contributed by atoms with Gasteiger partial charge in [-0.1, -0.05) is 24.3 Å². The van der Waals surface area contributed by atoms with Gasteiger partial charge in [-0.25, -0.2) is 18.4 Å². The summed E-state index contributed by atoms with van der Waals surface area (Å²) in [5.74, 6) is 1.55. The van der Waals surface area contributed by atoms with Gasteiger partial charge in [0.2, 0.25) is 0 Å². The van der Waals surface area contributed by atoms with E-state index in [4.69, 9.17) is 4.74 Å². The van der Waals surface area contributed by atoms with Crippen molar-refractivity contribution in [1.29, 1.82) is 0 Å². The Morgan fingerprint density at radius 3 is 2.37 bits per heavy atom. The number of aromatic nitrogens is 2. The van der Waals surface area contributed by atoms with Crippen molar-refractivity contribution in [2.45, 2.75) is 17.9 Å². The van der Waals surface area contributed by atoms with E-state index < -0.39 is 9.84 Å². The van der Waals surface area contributed by atoms with Crippen LogP contribution < -0.4 is 10.1 Å². The fraction of sp³-hybridized carbons (Fsp3) is 0.182. The Bertz CT molecular complexity index is 1280. The SMILES string of the molecule is COc1ccc(-c2csc3ncnc(NC(C)c4ccc(S(C)(=O)=O)cc4)c23)cc1. The third kappa shape index (κ3) is 4.01. The minimum absolute atomic E-state index is 0.0691. The van der Waals surface area contributed by atoms with Gasteiger partial charge in [0.15, 0.2) is 9.84 Å². The summed E-state index contributed by atoms with van der Waals surface area (Å²) < 4.78 is 28.6. The summed E-state index contributed by atoms with van der Waals surface area (Å²) in [5, 5.41) is 6.51. The maximum absolute atomic E-state index is 11.7. The Labute approximate surface area is 179 Å². The van der Waals surface area contributed by atoms with Gasteiger partial charge in [0.25, 0.3) is 0 Å². The number of sulfone groups is 1. The van der Waals surface area contributed by atoms with Crippen LogP contribution in [0.1, 0.15) is 18.5 Å². The van der Waals surface area contributed by atoms with Gasteiger partial charge >= 0.3 is 0 Å². The van der Waals surface area contributed by atoms with Gasteiger partial charge in [-0.05, 0) is 42.3 Å². The molecule has 0 saturated heterocycles. The van der Waals surface area contributed by atoms with E-state index in [-0.39, 0.29) is 6.04 Å². The van der Waals surface area contributed by atoms with Crippen molar-refractivity contribution in [3.63, 3.8) is 0 Å². The van der Waals surface area contributed by atoms with Gasteiger partial charge in [-0.15, -0.1) is 11.3 Å². The first-order chi connectivity index (χ1) is 14.4. The third-order valence-electron chi connectivity index (χ3n) is 4.93. The van der Waals surface area contributed by atoms with E-state index in [9.17, 15) is 8.42 Å². The zero-order valence-corrected chi connectivity index (χ0v) is 18.4. The topological polar surface area (TPSA) is 81.2 Å². The molecule has 0 amide bonds. The molecule has 8 heteroatoms. The highest BCUT2D eigenvalue weighted by molar-refractivity contribution is 7.90. The van der Waals surface area contributed by atoms with Crippen molar-refractivity contribution >= 4 is 37.2 Å². The van der Waals surface area contributed by atoms with E-state index >= 15 is 0 Å². The van der Waals surface area contributed by atoms with E-state index in [2.05, 4.69) is 20.7 Å². The fourth-order valence-electron chi connectivity index (χ4n) is 3.26. The predicted octanol–water partition coefficient (Wildman–Crippen LogP) is 4.94. The number of fused-ring (bicyclic) bond motifs is 1. The van der Waals surface area contributed by atoms with Gasteiger partial charge in [0, 0.05) is 23.2 Å².